The van der Waals surface area contributed by atoms with Crippen molar-refractivity contribution in [2.24, 2.45) is 0 Å². The van der Waals surface area contributed by atoms with Crippen molar-refractivity contribution in [3.63, 3.8) is 0 Å². The van der Waals surface area contributed by atoms with E-state index < -0.39 is 0 Å². The van der Waals surface area contributed by atoms with Crippen molar-refractivity contribution in [2.45, 2.75) is 38.3 Å². The van der Waals surface area contributed by atoms with E-state index in [-0.39, 0.29) is 5.91 Å². The number of thioether (sulfide) groups is 1. The molecule has 16 heavy (non-hydrogen) atoms. The van der Waals surface area contributed by atoms with Crippen molar-refractivity contribution in [2.75, 3.05) is 12.3 Å². The molecular formula is C10H17N3O2S. The van der Waals surface area contributed by atoms with Gasteiger partial charge in [-0.15, -0.1) is 10.2 Å². The number of rotatable bonds is 7. The average molecular weight is 243 g/mol. The van der Waals surface area contributed by atoms with Gasteiger partial charge in [-0.2, -0.15) is 0 Å². The number of carbonyl (C=O) groups is 1. The van der Waals surface area contributed by atoms with Crippen LogP contribution in [0.1, 0.15) is 32.1 Å². The zero-order valence-electron chi connectivity index (χ0n) is 9.65. The first-order chi connectivity index (χ1) is 7.72. The Labute approximate surface area is 99.4 Å². The van der Waals surface area contributed by atoms with Crippen LogP contribution in [0.4, 0.5) is 0 Å². The van der Waals surface area contributed by atoms with Crippen LogP contribution in [0, 0.1) is 6.92 Å². The zero-order valence-corrected chi connectivity index (χ0v) is 10.5. The Morgan fingerprint density at radius 2 is 2.25 bits per heavy atom. The fraction of sp³-hybridized carbons (Fsp3) is 0.700. The van der Waals surface area contributed by atoms with E-state index in [1.165, 1.54) is 11.8 Å². The third-order valence-electron chi connectivity index (χ3n) is 1.94. The normalized spacial score (nSPS) is 10.4. The highest BCUT2D eigenvalue weighted by Gasteiger charge is 2.06. The first-order valence-corrected chi connectivity index (χ1v) is 6.40. The first kappa shape index (κ1) is 13.0. The third-order valence-corrected chi connectivity index (χ3v) is 2.76. The molecule has 1 heterocycles. The Morgan fingerprint density at radius 3 is 2.88 bits per heavy atom. The topological polar surface area (TPSA) is 68.0 Å². The predicted molar refractivity (Wildman–Crippen MR) is 62.3 cm³/mol. The summed E-state index contributed by atoms with van der Waals surface area (Å²) in [4.78, 5) is 11.4. The van der Waals surface area contributed by atoms with Crippen LogP contribution in [-0.2, 0) is 4.79 Å². The molecule has 1 amide bonds. The molecule has 1 aromatic rings. The van der Waals surface area contributed by atoms with Crippen molar-refractivity contribution in [3.8, 4) is 0 Å². The monoisotopic (exact) mass is 243 g/mol. The number of carbonyl (C=O) groups excluding carboxylic acids is 1. The molecular weight excluding hydrogens is 226 g/mol. The molecule has 1 N–H and O–H groups in total. The van der Waals surface area contributed by atoms with Gasteiger partial charge in [0.2, 0.25) is 11.8 Å². The van der Waals surface area contributed by atoms with E-state index >= 15 is 0 Å². The summed E-state index contributed by atoms with van der Waals surface area (Å²) in [5, 5.41) is 10.8. The Bertz CT molecular complexity index is 328. The van der Waals surface area contributed by atoms with Crippen LogP contribution < -0.4 is 5.32 Å². The van der Waals surface area contributed by atoms with Gasteiger partial charge in [-0.1, -0.05) is 31.5 Å². The van der Waals surface area contributed by atoms with E-state index in [1.54, 1.807) is 6.92 Å². The standard InChI is InChI=1S/C10H17N3O2S/c1-3-4-5-6-11-9(14)7-16-10-13-12-8(2)15-10/h3-7H2,1-2H3,(H,11,14). The molecule has 0 aliphatic rings. The molecule has 0 aliphatic carbocycles. The van der Waals surface area contributed by atoms with Gasteiger partial charge in [-0.05, 0) is 6.42 Å². The average Bonchev–Trinajstić information content (AvgIpc) is 2.68. The lowest BCUT2D eigenvalue weighted by Crippen LogP contribution is -2.26. The van der Waals surface area contributed by atoms with E-state index in [4.69, 9.17) is 4.42 Å². The molecule has 0 atom stereocenters. The second-order valence-electron chi connectivity index (χ2n) is 3.43. The van der Waals surface area contributed by atoms with E-state index in [0.717, 1.165) is 25.8 Å². The molecule has 0 saturated heterocycles. The van der Waals surface area contributed by atoms with E-state index in [2.05, 4.69) is 22.4 Å². The number of hydrogen-bond donors (Lipinski definition) is 1. The number of nitrogens with one attached hydrogen (secondary N) is 1. The molecule has 0 radical (unpaired) electrons. The number of amides is 1. The summed E-state index contributed by atoms with van der Waals surface area (Å²) in [6, 6.07) is 0. The summed E-state index contributed by atoms with van der Waals surface area (Å²) in [6.45, 7) is 4.60. The van der Waals surface area contributed by atoms with Crippen molar-refractivity contribution in [1.82, 2.24) is 15.5 Å². The summed E-state index contributed by atoms with van der Waals surface area (Å²) in [5.41, 5.74) is 0. The SMILES string of the molecule is CCCCCNC(=O)CSc1nnc(C)o1. The summed E-state index contributed by atoms with van der Waals surface area (Å²) >= 11 is 1.26. The molecule has 0 aliphatic heterocycles. The second-order valence-corrected chi connectivity index (χ2v) is 4.36. The second kappa shape index (κ2) is 7.27. The lowest BCUT2D eigenvalue weighted by atomic mass is 10.2. The maximum absolute atomic E-state index is 11.4. The van der Waals surface area contributed by atoms with Gasteiger partial charge in [0, 0.05) is 13.5 Å². The Kier molecular flexibility index (Phi) is 5.92. The molecule has 5 nitrogen and oxygen atoms in total. The van der Waals surface area contributed by atoms with Gasteiger partial charge in [-0.25, -0.2) is 0 Å². The van der Waals surface area contributed by atoms with Gasteiger partial charge in [0.15, 0.2) is 0 Å². The molecule has 0 spiro atoms. The predicted octanol–water partition coefficient (Wildman–Crippen LogP) is 1.78. The van der Waals surface area contributed by atoms with Gasteiger partial charge in [0.1, 0.15) is 0 Å². The van der Waals surface area contributed by atoms with Crippen molar-refractivity contribution < 1.29 is 9.21 Å². The van der Waals surface area contributed by atoms with E-state index in [0.29, 0.717) is 16.9 Å². The Morgan fingerprint density at radius 1 is 1.44 bits per heavy atom. The number of aryl methyl sites for hydroxylation is 1. The lowest BCUT2D eigenvalue weighted by Gasteiger charge is -2.02. The van der Waals surface area contributed by atoms with Crippen LogP contribution in [-0.4, -0.2) is 28.4 Å². The smallest absolute Gasteiger partial charge is 0.277 e. The minimum absolute atomic E-state index is 0.0111. The van der Waals surface area contributed by atoms with Gasteiger partial charge < -0.3 is 9.73 Å². The summed E-state index contributed by atoms with van der Waals surface area (Å²) in [7, 11) is 0. The molecule has 6 heteroatoms. The van der Waals surface area contributed by atoms with Crippen molar-refractivity contribution >= 4 is 17.7 Å². The van der Waals surface area contributed by atoms with Crippen molar-refractivity contribution in [3.05, 3.63) is 5.89 Å². The van der Waals surface area contributed by atoms with Gasteiger partial charge in [-0.3, -0.25) is 4.79 Å². The van der Waals surface area contributed by atoms with Gasteiger partial charge in [0.05, 0.1) is 5.75 Å². The molecule has 0 saturated carbocycles. The maximum Gasteiger partial charge on any atom is 0.277 e. The van der Waals surface area contributed by atoms with Crippen LogP contribution in [0.15, 0.2) is 9.64 Å². The van der Waals surface area contributed by atoms with Crippen LogP contribution in [0.3, 0.4) is 0 Å². The van der Waals surface area contributed by atoms with Crippen molar-refractivity contribution in [1.29, 1.82) is 0 Å². The maximum atomic E-state index is 11.4. The van der Waals surface area contributed by atoms with Crippen LogP contribution in [0.25, 0.3) is 0 Å². The highest BCUT2D eigenvalue weighted by Crippen LogP contribution is 2.14. The lowest BCUT2D eigenvalue weighted by molar-refractivity contribution is -0.118. The zero-order chi connectivity index (χ0) is 11.8. The summed E-state index contributed by atoms with van der Waals surface area (Å²) in [5.74, 6) is 0.858. The molecule has 1 aromatic heterocycles. The first-order valence-electron chi connectivity index (χ1n) is 5.42. The minimum atomic E-state index is 0.0111. The number of unbranched alkanes of at least 4 members (excludes halogenated alkanes) is 2. The summed E-state index contributed by atoms with van der Waals surface area (Å²) < 4.78 is 5.14. The van der Waals surface area contributed by atoms with Gasteiger partial charge in [0.25, 0.3) is 5.22 Å². The molecule has 90 valence electrons. The van der Waals surface area contributed by atoms with E-state index in [1.807, 2.05) is 0 Å². The molecule has 1 rings (SSSR count). The summed E-state index contributed by atoms with van der Waals surface area (Å²) in [6.07, 6.45) is 3.34. The van der Waals surface area contributed by atoms with E-state index in [9.17, 15) is 4.79 Å². The molecule has 0 fully saturated rings. The molecule has 0 unspecified atom stereocenters. The fourth-order valence-electron chi connectivity index (χ4n) is 1.12. The third kappa shape index (κ3) is 5.16. The molecule has 0 aromatic carbocycles. The highest BCUT2D eigenvalue weighted by atomic mass is 32.2. The fourth-order valence-corrected chi connectivity index (χ4v) is 1.75. The quantitative estimate of drug-likeness (QED) is 0.584. The highest BCUT2D eigenvalue weighted by molar-refractivity contribution is 7.99. The van der Waals surface area contributed by atoms with Crippen LogP contribution in [0.5, 0.6) is 0 Å². The largest absolute Gasteiger partial charge is 0.416 e. The van der Waals surface area contributed by atoms with Crippen LogP contribution in [0.2, 0.25) is 0 Å². The molecule has 0 bridgehead atoms. The number of aromatic nitrogens is 2. The minimum Gasteiger partial charge on any atom is -0.416 e. The van der Waals surface area contributed by atoms with Crippen LogP contribution >= 0.6 is 11.8 Å². The Balaban J connectivity index is 2.10. The Hall–Kier alpha value is -1.04. The van der Waals surface area contributed by atoms with Gasteiger partial charge >= 0.3 is 0 Å². The number of nitrogens with zero attached hydrogens (tertiary/aromatic N) is 2. The number of hydrogen-bond acceptors (Lipinski definition) is 5.